The first-order valence-corrected chi connectivity index (χ1v) is 6.32. The van der Waals surface area contributed by atoms with E-state index in [1.54, 1.807) is 13.1 Å². The Bertz CT molecular complexity index is 417. The number of piperazine rings is 1. The highest BCUT2D eigenvalue weighted by atomic mass is 16.3. The number of pyridine rings is 1. The van der Waals surface area contributed by atoms with Crippen LogP contribution in [0.25, 0.3) is 0 Å². The Morgan fingerprint density at radius 2 is 2.39 bits per heavy atom. The lowest BCUT2D eigenvalue weighted by atomic mass is 10.1. The summed E-state index contributed by atoms with van der Waals surface area (Å²) in [5.41, 5.74) is 0.785. The van der Waals surface area contributed by atoms with Crippen molar-refractivity contribution < 1.29 is 9.90 Å². The number of nitrogens with zero attached hydrogens (tertiary/aromatic N) is 2. The summed E-state index contributed by atoms with van der Waals surface area (Å²) in [7, 11) is 0. The number of anilines is 1. The second kappa shape index (κ2) is 5.35. The largest absolute Gasteiger partial charge is 0.389 e. The minimum absolute atomic E-state index is 0.0603. The molecule has 0 aliphatic carbocycles. The Morgan fingerprint density at radius 1 is 1.61 bits per heavy atom. The van der Waals surface area contributed by atoms with Crippen LogP contribution in [0.1, 0.15) is 31.9 Å². The number of amides is 1. The summed E-state index contributed by atoms with van der Waals surface area (Å²) in [6.07, 6.45) is 1.91. The van der Waals surface area contributed by atoms with Crippen LogP contribution < -0.4 is 10.2 Å². The maximum Gasteiger partial charge on any atom is 0.242 e. The number of carbonyl (C=O) groups is 1. The fraction of sp³-hybridized carbons (Fsp3) is 0.538. The Labute approximate surface area is 107 Å². The molecule has 18 heavy (non-hydrogen) atoms. The maximum absolute atomic E-state index is 11.8. The van der Waals surface area contributed by atoms with Crippen molar-refractivity contribution in [3.8, 4) is 0 Å². The molecule has 1 fully saturated rings. The Morgan fingerprint density at radius 3 is 2.94 bits per heavy atom. The van der Waals surface area contributed by atoms with E-state index in [1.807, 2.05) is 24.0 Å². The second-order valence-corrected chi connectivity index (χ2v) is 4.53. The van der Waals surface area contributed by atoms with E-state index < -0.39 is 6.10 Å². The fourth-order valence-electron chi connectivity index (χ4n) is 2.21. The monoisotopic (exact) mass is 249 g/mol. The molecule has 1 saturated heterocycles. The van der Waals surface area contributed by atoms with E-state index in [-0.39, 0.29) is 11.9 Å². The first-order chi connectivity index (χ1) is 8.63. The lowest BCUT2D eigenvalue weighted by Gasteiger charge is -2.35. The van der Waals surface area contributed by atoms with Crippen LogP contribution in [0, 0.1) is 0 Å². The molecule has 1 aliphatic rings. The van der Waals surface area contributed by atoms with Crippen LogP contribution in [-0.4, -0.2) is 35.1 Å². The molecule has 0 bridgehead atoms. The molecule has 1 aromatic heterocycles. The van der Waals surface area contributed by atoms with Crippen LogP contribution in [0.4, 0.5) is 5.82 Å². The predicted octanol–water partition coefficient (Wildman–Crippen LogP) is 0.850. The van der Waals surface area contributed by atoms with Gasteiger partial charge in [0.2, 0.25) is 5.91 Å². The second-order valence-electron chi connectivity index (χ2n) is 4.53. The molecule has 0 saturated carbocycles. The van der Waals surface area contributed by atoms with Gasteiger partial charge in [-0.05, 0) is 25.0 Å². The van der Waals surface area contributed by atoms with Crippen LogP contribution in [0.3, 0.4) is 0 Å². The molecule has 2 rings (SSSR count). The molecule has 0 radical (unpaired) electrons. The normalized spacial score (nSPS) is 21.6. The van der Waals surface area contributed by atoms with Gasteiger partial charge >= 0.3 is 0 Å². The third kappa shape index (κ3) is 2.46. The van der Waals surface area contributed by atoms with Gasteiger partial charge in [-0.2, -0.15) is 0 Å². The van der Waals surface area contributed by atoms with Crippen molar-refractivity contribution in [2.24, 2.45) is 0 Å². The van der Waals surface area contributed by atoms with Gasteiger partial charge in [-0.25, -0.2) is 4.98 Å². The molecule has 2 N–H and O–H groups in total. The summed E-state index contributed by atoms with van der Waals surface area (Å²) in [4.78, 5) is 18.1. The smallest absolute Gasteiger partial charge is 0.242 e. The highest BCUT2D eigenvalue weighted by Gasteiger charge is 2.28. The van der Waals surface area contributed by atoms with E-state index in [0.29, 0.717) is 6.54 Å². The third-order valence-corrected chi connectivity index (χ3v) is 3.26. The average Bonchev–Trinajstić information content (AvgIpc) is 2.38. The molecule has 0 spiro atoms. The molecule has 1 amide bonds. The minimum atomic E-state index is -0.516. The van der Waals surface area contributed by atoms with Crippen LogP contribution in [0.5, 0.6) is 0 Å². The number of aromatic nitrogens is 1. The summed E-state index contributed by atoms with van der Waals surface area (Å²) in [5.74, 6) is 0.853. The van der Waals surface area contributed by atoms with Crippen LogP contribution >= 0.6 is 0 Å². The van der Waals surface area contributed by atoms with Gasteiger partial charge in [-0.1, -0.05) is 13.0 Å². The number of nitrogens with one attached hydrogen (secondary N) is 1. The standard InChI is InChI=1S/C13H19N3O2/c1-3-11-13(18)14-6-7-16(11)12-5-4-10(8-15-12)9(2)17/h4-5,8-9,11,17H,3,6-7H2,1-2H3,(H,14,18). The highest BCUT2D eigenvalue weighted by molar-refractivity contribution is 5.86. The molecular weight excluding hydrogens is 230 g/mol. The molecule has 5 heteroatoms. The van der Waals surface area contributed by atoms with Gasteiger partial charge in [-0.3, -0.25) is 4.79 Å². The zero-order valence-corrected chi connectivity index (χ0v) is 10.8. The molecule has 1 aliphatic heterocycles. The van der Waals surface area contributed by atoms with Gasteiger partial charge in [0.25, 0.3) is 0 Å². The molecule has 2 atom stereocenters. The van der Waals surface area contributed by atoms with Crippen molar-refractivity contribution in [3.63, 3.8) is 0 Å². The predicted molar refractivity (Wildman–Crippen MR) is 69.3 cm³/mol. The number of hydrogen-bond acceptors (Lipinski definition) is 4. The van der Waals surface area contributed by atoms with Gasteiger partial charge in [0.05, 0.1) is 6.10 Å². The number of hydrogen-bond donors (Lipinski definition) is 2. The number of rotatable bonds is 3. The van der Waals surface area contributed by atoms with Gasteiger partial charge < -0.3 is 15.3 Å². The Balaban J connectivity index is 2.21. The van der Waals surface area contributed by atoms with Gasteiger partial charge in [0, 0.05) is 19.3 Å². The van der Waals surface area contributed by atoms with E-state index in [9.17, 15) is 9.90 Å². The van der Waals surface area contributed by atoms with Crippen molar-refractivity contribution in [2.45, 2.75) is 32.4 Å². The van der Waals surface area contributed by atoms with Crippen molar-refractivity contribution in [2.75, 3.05) is 18.0 Å². The molecule has 2 heterocycles. The first-order valence-electron chi connectivity index (χ1n) is 6.32. The summed E-state index contributed by atoms with van der Waals surface area (Å²) < 4.78 is 0. The summed E-state index contributed by atoms with van der Waals surface area (Å²) in [5, 5.41) is 12.3. The lowest BCUT2D eigenvalue weighted by Crippen LogP contribution is -2.55. The molecule has 2 unspecified atom stereocenters. The average molecular weight is 249 g/mol. The molecular formula is C13H19N3O2. The zero-order chi connectivity index (χ0) is 13.1. The minimum Gasteiger partial charge on any atom is -0.389 e. The SMILES string of the molecule is CCC1C(=O)NCCN1c1ccc(C(C)O)cn1. The highest BCUT2D eigenvalue weighted by Crippen LogP contribution is 2.20. The van der Waals surface area contributed by atoms with Crippen molar-refractivity contribution in [3.05, 3.63) is 23.9 Å². The number of aliphatic hydroxyl groups is 1. The summed E-state index contributed by atoms with van der Waals surface area (Å²) in [6, 6.07) is 3.57. The topological polar surface area (TPSA) is 65.5 Å². The molecule has 5 nitrogen and oxygen atoms in total. The van der Waals surface area contributed by atoms with Gasteiger partial charge in [0.15, 0.2) is 0 Å². The van der Waals surface area contributed by atoms with Crippen LogP contribution in [0.2, 0.25) is 0 Å². The van der Waals surface area contributed by atoms with E-state index in [0.717, 1.165) is 24.3 Å². The molecule has 0 aromatic carbocycles. The van der Waals surface area contributed by atoms with Crippen LogP contribution in [0.15, 0.2) is 18.3 Å². The van der Waals surface area contributed by atoms with Gasteiger partial charge in [-0.15, -0.1) is 0 Å². The lowest BCUT2D eigenvalue weighted by molar-refractivity contribution is -0.123. The fourth-order valence-corrected chi connectivity index (χ4v) is 2.21. The van der Waals surface area contributed by atoms with E-state index in [4.69, 9.17) is 0 Å². The summed E-state index contributed by atoms with van der Waals surface area (Å²) >= 11 is 0. The maximum atomic E-state index is 11.8. The molecule has 1 aromatic rings. The molecule has 98 valence electrons. The quantitative estimate of drug-likeness (QED) is 0.833. The van der Waals surface area contributed by atoms with Crippen molar-refractivity contribution >= 4 is 11.7 Å². The number of carbonyl (C=O) groups excluding carboxylic acids is 1. The van der Waals surface area contributed by atoms with Crippen LogP contribution in [-0.2, 0) is 4.79 Å². The van der Waals surface area contributed by atoms with Gasteiger partial charge in [0.1, 0.15) is 11.9 Å². The third-order valence-electron chi connectivity index (χ3n) is 3.26. The van der Waals surface area contributed by atoms with E-state index in [2.05, 4.69) is 10.3 Å². The zero-order valence-electron chi connectivity index (χ0n) is 10.8. The Kier molecular flexibility index (Phi) is 3.81. The van der Waals surface area contributed by atoms with Crippen molar-refractivity contribution in [1.82, 2.24) is 10.3 Å². The number of aliphatic hydroxyl groups excluding tert-OH is 1. The Hall–Kier alpha value is -1.62. The summed E-state index contributed by atoms with van der Waals surface area (Å²) in [6.45, 7) is 5.12. The van der Waals surface area contributed by atoms with E-state index >= 15 is 0 Å². The van der Waals surface area contributed by atoms with Crippen molar-refractivity contribution in [1.29, 1.82) is 0 Å². The van der Waals surface area contributed by atoms with E-state index in [1.165, 1.54) is 0 Å². The first kappa shape index (κ1) is 12.8.